The predicted octanol–water partition coefficient (Wildman–Crippen LogP) is 2.14. The Morgan fingerprint density at radius 3 is 2.72 bits per heavy atom. The van der Waals surface area contributed by atoms with Crippen molar-refractivity contribution in [3.8, 4) is 6.07 Å². The molecule has 1 aliphatic rings. The molecule has 1 fully saturated rings. The molecule has 2 rings (SSSR count). The zero-order valence-electron chi connectivity index (χ0n) is 10.2. The number of hydrogen-bond donors (Lipinski definition) is 0. The third-order valence-electron chi connectivity index (χ3n) is 2.68. The first kappa shape index (κ1) is 13.9. The second-order valence-corrected chi connectivity index (χ2v) is 9.73. The monoisotopic (exact) mass is 302 g/mol. The lowest BCUT2D eigenvalue weighted by molar-refractivity contribution is 0.388. The predicted molar refractivity (Wildman–Crippen MR) is 74.3 cm³/mol. The van der Waals surface area contributed by atoms with Gasteiger partial charge in [0.25, 0.3) is 10.0 Å². The Balaban J connectivity index is 2.29. The fraction of sp³-hybridized carbons (Fsp3) is 0.545. The Hall–Kier alpha value is -0.550. The van der Waals surface area contributed by atoms with Crippen LogP contribution >= 0.6 is 23.1 Å². The van der Waals surface area contributed by atoms with E-state index in [1.54, 1.807) is 17.8 Å². The molecule has 0 radical (unpaired) electrons. The lowest BCUT2D eigenvalue weighted by Crippen LogP contribution is -2.45. The summed E-state index contributed by atoms with van der Waals surface area (Å²) in [6.45, 7) is 5.15. The van der Waals surface area contributed by atoms with Gasteiger partial charge in [-0.1, -0.05) is 0 Å². The molecule has 1 aromatic heterocycles. The quantitative estimate of drug-likeness (QED) is 0.839. The van der Waals surface area contributed by atoms with E-state index in [2.05, 4.69) is 13.8 Å². The molecular weight excluding hydrogens is 288 g/mol. The van der Waals surface area contributed by atoms with Crippen molar-refractivity contribution in [2.24, 2.45) is 0 Å². The van der Waals surface area contributed by atoms with Crippen LogP contribution in [0.2, 0.25) is 0 Å². The SMILES string of the molecule is CC1(C)CN(S(=O)(=O)c2ccc(C#N)s2)CCS1. The van der Waals surface area contributed by atoms with Gasteiger partial charge >= 0.3 is 0 Å². The van der Waals surface area contributed by atoms with Crippen LogP contribution in [0.5, 0.6) is 0 Å². The fourth-order valence-electron chi connectivity index (χ4n) is 1.82. The molecular formula is C11H14N2O2S3. The number of nitrogens with zero attached hydrogens (tertiary/aromatic N) is 2. The Kier molecular flexibility index (Phi) is 3.74. The van der Waals surface area contributed by atoms with Crippen LogP contribution in [0.3, 0.4) is 0 Å². The van der Waals surface area contributed by atoms with Crippen molar-refractivity contribution in [1.29, 1.82) is 5.26 Å². The third kappa shape index (κ3) is 2.72. The van der Waals surface area contributed by atoms with Crippen molar-refractivity contribution in [2.45, 2.75) is 22.8 Å². The lowest BCUT2D eigenvalue weighted by atomic mass is 10.2. The summed E-state index contributed by atoms with van der Waals surface area (Å²) in [7, 11) is -3.43. The molecule has 0 amide bonds. The van der Waals surface area contributed by atoms with Crippen LogP contribution in [0.1, 0.15) is 18.7 Å². The van der Waals surface area contributed by atoms with Crippen LogP contribution in [0.4, 0.5) is 0 Å². The van der Waals surface area contributed by atoms with Gasteiger partial charge in [-0.3, -0.25) is 0 Å². The lowest BCUT2D eigenvalue weighted by Gasteiger charge is -2.36. The van der Waals surface area contributed by atoms with Gasteiger partial charge in [0, 0.05) is 23.6 Å². The maximum Gasteiger partial charge on any atom is 0.252 e. The van der Waals surface area contributed by atoms with Crippen LogP contribution in [-0.4, -0.2) is 36.3 Å². The van der Waals surface area contributed by atoms with E-state index in [1.807, 2.05) is 6.07 Å². The average Bonchev–Trinajstić information content (AvgIpc) is 2.76. The first-order valence-corrected chi connectivity index (χ1v) is 8.73. The number of sulfonamides is 1. The maximum atomic E-state index is 12.4. The van der Waals surface area contributed by atoms with Gasteiger partial charge in [0.15, 0.2) is 0 Å². The van der Waals surface area contributed by atoms with Crippen LogP contribution in [0.15, 0.2) is 16.3 Å². The number of rotatable bonds is 2. The van der Waals surface area contributed by atoms with Crippen LogP contribution in [0, 0.1) is 11.3 Å². The highest BCUT2D eigenvalue weighted by atomic mass is 32.2. The molecule has 0 aliphatic carbocycles. The molecule has 0 unspecified atom stereocenters. The highest BCUT2D eigenvalue weighted by Crippen LogP contribution is 2.33. The standard InChI is InChI=1S/C11H14N2O2S3/c1-11(2)8-13(5-6-16-11)18(14,15)10-4-3-9(7-12)17-10/h3-4H,5-6,8H2,1-2H3. The van der Waals surface area contributed by atoms with Gasteiger partial charge in [0.2, 0.25) is 0 Å². The van der Waals surface area contributed by atoms with E-state index in [-0.39, 0.29) is 8.96 Å². The zero-order valence-corrected chi connectivity index (χ0v) is 12.7. The summed E-state index contributed by atoms with van der Waals surface area (Å²) in [6, 6.07) is 5.05. The first-order chi connectivity index (χ1) is 8.35. The van der Waals surface area contributed by atoms with Crippen molar-refractivity contribution in [2.75, 3.05) is 18.8 Å². The number of nitriles is 1. The molecule has 7 heteroatoms. The molecule has 4 nitrogen and oxygen atoms in total. The minimum absolute atomic E-state index is 0.0549. The normalized spacial score (nSPS) is 20.5. The Morgan fingerprint density at radius 2 is 2.17 bits per heavy atom. The van der Waals surface area contributed by atoms with Gasteiger partial charge < -0.3 is 0 Å². The van der Waals surface area contributed by atoms with Crippen molar-refractivity contribution < 1.29 is 8.42 Å². The molecule has 0 spiro atoms. The number of hydrogen-bond acceptors (Lipinski definition) is 5. The second kappa shape index (κ2) is 4.85. The van der Waals surface area contributed by atoms with Crippen LogP contribution < -0.4 is 0 Å². The van der Waals surface area contributed by atoms with E-state index in [9.17, 15) is 8.42 Å². The third-order valence-corrected chi connectivity index (χ3v) is 7.28. The molecule has 1 saturated heterocycles. The van der Waals surface area contributed by atoms with Gasteiger partial charge in [0.05, 0.1) is 0 Å². The summed E-state index contributed by atoms with van der Waals surface area (Å²) in [5.41, 5.74) is 0. The summed E-state index contributed by atoms with van der Waals surface area (Å²) in [5, 5.41) is 8.76. The van der Waals surface area contributed by atoms with Gasteiger partial charge in [-0.05, 0) is 26.0 Å². The molecule has 1 aliphatic heterocycles. The van der Waals surface area contributed by atoms with Crippen molar-refractivity contribution in [3.63, 3.8) is 0 Å². The molecule has 18 heavy (non-hydrogen) atoms. The summed E-state index contributed by atoms with van der Waals surface area (Å²) in [4.78, 5) is 0.430. The maximum absolute atomic E-state index is 12.4. The molecule has 0 N–H and O–H groups in total. The Labute approximate surface area is 116 Å². The largest absolute Gasteiger partial charge is 0.252 e. The van der Waals surface area contributed by atoms with Gasteiger partial charge in [-0.25, -0.2) is 8.42 Å². The highest BCUT2D eigenvalue weighted by molar-refractivity contribution is 8.00. The minimum Gasteiger partial charge on any atom is -0.206 e. The summed E-state index contributed by atoms with van der Waals surface area (Å²) in [6.07, 6.45) is 0. The van der Waals surface area contributed by atoms with E-state index in [0.717, 1.165) is 17.1 Å². The van der Waals surface area contributed by atoms with E-state index in [0.29, 0.717) is 18.0 Å². The smallest absolute Gasteiger partial charge is 0.206 e. The van der Waals surface area contributed by atoms with E-state index < -0.39 is 10.0 Å². The molecule has 2 heterocycles. The topological polar surface area (TPSA) is 61.2 Å². The Morgan fingerprint density at radius 1 is 1.44 bits per heavy atom. The van der Waals surface area contributed by atoms with E-state index in [4.69, 9.17) is 5.26 Å². The van der Waals surface area contributed by atoms with E-state index >= 15 is 0 Å². The van der Waals surface area contributed by atoms with E-state index in [1.165, 1.54) is 10.4 Å². The zero-order chi connectivity index (χ0) is 13.4. The molecule has 0 bridgehead atoms. The molecule has 0 aromatic carbocycles. The second-order valence-electron chi connectivity index (χ2n) is 4.68. The molecule has 0 atom stereocenters. The fourth-order valence-corrected chi connectivity index (χ4v) is 5.99. The van der Waals surface area contributed by atoms with Crippen molar-refractivity contribution >= 4 is 33.1 Å². The molecule has 1 aromatic rings. The average molecular weight is 302 g/mol. The van der Waals surface area contributed by atoms with Crippen LogP contribution in [-0.2, 0) is 10.0 Å². The Bertz CT molecular complexity index is 584. The van der Waals surface area contributed by atoms with Gasteiger partial charge in [0.1, 0.15) is 15.2 Å². The minimum atomic E-state index is -3.43. The first-order valence-electron chi connectivity index (χ1n) is 5.49. The number of thioether (sulfide) groups is 1. The van der Waals surface area contributed by atoms with Crippen LogP contribution in [0.25, 0.3) is 0 Å². The summed E-state index contributed by atoms with van der Waals surface area (Å²) >= 11 is 2.83. The number of thiophene rings is 1. The molecule has 0 saturated carbocycles. The summed E-state index contributed by atoms with van der Waals surface area (Å²) < 4.78 is 26.6. The summed E-state index contributed by atoms with van der Waals surface area (Å²) in [5.74, 6) is 0.808. The highest BCUT2D eigenvalue weighted by Gasteiger charge is 2.35. The molecule has 98 valence electrons. The van der Waals surface area contributed by atoms with Gasteiger partial charge in [-0.15, -0.1) is 11.3 Å². The van der Waals surface area contributed by atoms with Crippen molar-refractivity contribution in [3.05, 3.63) is 17.0 Å². The van der Waals surface area contributed by atoms with Crippen molar-refractivity contribution in [1.82, 2.24) is 4.31 Å². The van der Waals surface area contributed by atoms with Gasteiger partial charge in [-0.2, -0.15) is 21.3 Å².